The molecule has 0 unspecified atom stereocenters. The van der Waals surface area contributed by atoms with Gasteiger partial charge in [0.05, 0.1) is 5.75 Å². The third kappa shape index (κ3) is 4.00. The Bertz CT molecular complexity index is 593. The van der Waals surface area contributed by atoms with Gasteiger partial charge in [0.15, 0.2) is 5.16 Å². The molecule has 2 N–H and O–H groups in total. The number of piperidine rings is 1. The number of thioether (sulfide) groups is 1. The first-order valence-corrected chi connectivity index (χ1v) is 8.43. The number of hydrogen-bond donors (Lipinski definition) is 2. The zero-order chi connectivity index (χ0) is 15.2. The molecule has 1 fully saturated rings. The average Bonchev–Trinajstić information content (AvgIpc) is 3.08. The summed E-state index contributed by atoms with van der Waals surface area (Å²) < 4.78 is 0. The number of carbonyl (C=O) groups is 1. The van der Waals surface area contributed by atoms with Crippen LogP contribution in [0.1, 0.15) is 19.3 Å². The highest BCUT2D eigenvalue weighted by atomic mass is 32.2. The Balaban J connectivity index is 1.50. The molecule has 0 bridgehead atoms. The third-order valence-corrected chi connectivity index (χ3v) is 4.48. The Kier molecular flexibility index (Phi) is 4.95. The molecule has 2 heterocycles. The lowest BCUT2D eigenvalue weighted by atomic mass is 10.1. The smallest absolute Gasteiger partial charge is 0.234 e. The number of H-pyrrole nitrogens is 1. The molecule has 3 rings (SSSR count). The number of hydrogen-bond acceptors (Lipinski definition) is 5. The monoisotopic (exact) mass is 317 g/mol. The molecule has 116 valence electrons. The van der Waals surface area contributed by atoms with E-state index in [2.05, 4.69) is 37.5 Å². The van der Waals surface area contributed by atoms with Crippen LogP contribution in [-0.2, 0) is 4.79 Å². The van der Waals surface area contributed by atoms with E-state index < -0.39 is 0 Å². The molecule has 0 radical (unpaired) electrons. The molecule has 2 aromatic rings. The van der Waals surface area contributed by atoms with Crippen LogP contribution in [0.5, 0.6) is 0 Å². The molecule has 7 heteroatoms. The van der Waals surface area contributed by atoms with Crippen molar-refractivity contribution in [3.63, 3.8) is 0 Å². The summed E-state index contributed by atoms with van der Waals surface area (Å²) in [7, 11) is 0. The first kappa shape index (κ1) is 14.9. The summed E-state index contributed by atoms with van der Waals surface area (Å²) in [5, 5.41) is 10.0. The summed E-state index contributed by atoms with van der Waals surface area (Å²) >= 11 is 1.33. The van der Waals surface area contributed by atoms with Crippen LogP contribution in [0.3, 0.4) is 0 Å². The second kappa shape index (κ2) is 7.31. The van der Waals surface area contributed by atoms with E-state index in [4.69, 9.17) is 0 Å². The molecule has 1 saturated heterocycles. The number of anilines is 2. The molecular weight excluding hydrogens is 298 g/mol. The van der Waals surface area contributed by atoms with E-state index in [-0.39, 0.29) is 5.91 Å². The van der Waals surface area contributed by atoms with Gasteiger partial charge in [-0.05, 0) is 43.5 Å². The predicted octanol–water partition coefficient (Wildman–Crippen LogP) is 2.53. The average molecular weight is 317 g/mol. The van der Waals surface area contributed by atoms with Gasteiger partial charge in [-0.2, -0.15) is 5.10 Å². The number of aromatic amines is 1. The Morgan fingerprint density at radius 2 is 2.00 bits per heavy atom. The van der Waals surface area contributed by atoms with Crippen LogP contribution in [0.15, 0.2) is 35.7 Å². The minimum atomic E-state index is -0.0490. The minimum Gasteiger partial charge on any atom is -0.372 e. The van der Waals surface area contributed by atoms with Gasteiger partial charge in [0.25, 0.3) is 0 Å². The number of aromatic nitrogens is 3. The number of carbonyl (C=O) groups excluding carboxylic acids is 1. The van der Waals surface area contributed by atoms with Gasteiger partial charge in [-0.15, -0.1) is 0 Å². The van der Waals surface area contributed by atoms with Crippen molar-refractivity contribution in [2.45, 2.75) is 24.4 Å². The van der Waals surface area contributed by atoms with Crippen LogP contribution in [0.25, 0.3) is 0 Å². The molecule has 1 aliphatic rings. The third-order valence-electron chi connectivity index (χ3n) is 3.61. The fourth-order valence-electron chi connectivity index (χ4n) is 2.50. The normalized spacial score (nSPS) is 14.8. The van der Waals surface area contributed by atoms with Gasteiger partial charge >= 0.3 is 0 Å². The van der Waals surface area contributed by atoms with Gasteiger partial charge in [-0.25, -0.2) is 4.98 Å². The second-order valence-electron chi connectivity index (χ2n) is 5.22. The van der Waals surface area contributed by atoms with Gasteiger partial charge < -0.3 is 10.2 Å². The minimum absolute atomic E-state index is 0.0490. The maximum absolute atomic E-state index is 11.9. The molecule has 1 aromatic heterocycles. The van der Waals surface area contributed by atoms with E-state index in [9.17, 15) is 4.79 Å². The molecule has 22 heavy (non-hydrogen) atoms. The lowest BCUT2D eigenvalue weighted by molar-refractivity contribution is -0.113. The summed E-state index contributed by atoms with van der Waals surface area (Å²) in [6.45, 7) is 2.25. The molecule has 1 amide bonds. The van der Waals surface area contributed by atoms with Crippen molar-refractivity contribution >= 4 is 29.0 Å². The lowest BCUT2D eigenvalue weighted by Gasteiger charge is -2.28. The van der Waals surface area contributed by atoms with E-state index >= 15 is 0 Å². The molecule has 0 aliphatic carbocycles. The summed E-state index contributed by atoms with van der Waals surface area (Å²) in [4.78, 5) is 18.3. The van der Waals surface area contributed by atoms with Crippen molar-refractivity contribution in [1.82, 2.24) is 15.2 Å². The molecule has 0 atom stereocenters. The number of nitrogens with one attached hydrogen (secondary N) is 2. The van der Waals surface area contributed by atoms with Crippen molar-refractivity contribution in [2.75, 3.05) is 29.1 Å². The van der Waals surface area contributed by atoms with Crippen LogP contribution < -0.4 is 10.2 Å². The Morgan fingerprint density at radius 3 is 2.68 bits per heavy atom. The number of amides is 1. The second-order valence-corrected chi connectivity index (χ2v) is 6.19. The van der Waals surface area contributed by atoms with E-state index in [1.807, 2.05) is 12.1 Å². The molecule has 0 spiro atoms. The summed E-state index contributed by atoms with van der Waals surface area (Å²) in [5.74, 6) is 0.260. The van der Waals surface area contributed by atoms with Gasteiger partial charge in [0, 0.05) is 24.5 Å². The van der Waals surface area contributed by atoms with Crippen molar-refractivity contribution in [2.24, 2.45) is 0 Å². The van der Waals surface area contributed by atoms with Gasteiger partial charge in [-0.1, -0.05) is 11.8 Å². The Labute approximate surface area is 133 Å². The number of rotatable bonds is 5. The highest BCUT2D eigenvalue weighted by Gasteiger charge is 2.11. The molecule has 0 saturated carbocycles. The van der Waals surface area contributed by atoms with Crippen LogP contribution >= 0.6 is 11.8 Å². The van der Waals surface area contributed by atoms with E-state index in [1.165, 1.54) is 43.0 Å². The Morgan fingerprint density at radius 1 is 1.23 bits per heavy atom. The van der Waals surface area contributed by atoms with E-state index in [1.54, 1.807) is 0 Å². The molecule has 6 nitrogen and oxygen atoms in total. The SMILES string of the molecule is O=C(CSc1ncn[nH]1)Nc1ccc(N2CCCCC2)cc1. The van der Waals surface area contributed by atoms with Gasteiger partial charge in [0.1, 0.15) is 6.33 Å². The molecule has 1 aliphatic heterocycles. The maximum atomic E-state index is 11.9. The van der Waals surface area contributed by atoms with Crippen LogP contribution in [0.4, 0.5) is 11.4 Å². The summed E-state index contributed by atoms with van der Waals surface area (Å²) in [6.07, 6.45) is 5.28. The summed E-state index contributed by atoms with van der Waals surface area (Å²) in [6, 6.07) is 8.07. The largest absolute Gasteiger partial charge is 0.372 e. The van der Waals surface area contributed by atoms with Crippen LogP contribution in [0.2, 0.25) is 0 Å². The number of nitrogens with zero attached hydrogens (tertiary/aromatic N) is 3. The first-order valence-electron chi connectivity index (χ1n) is 7.44. The fourth-order valence-corrected chi connectivity index (χ4v) is 3.08. The zero-order valence-electron chi connectivity index (χ0n) is 12.3. The van der Waals surface area contributed by atoms with Crippen molar-refractivity contribution < 1.29 is 4.79 Å². The Hall–Kier alpha value is -2.02. The molecular formula is C15H19N5OS. The predicted molar refractivity (Wildman–Crippen MR) is 88.2 cm³/mol. The van der Waals surface area contributed by atoms with Crippen molar-refractivity contribution in [1.29, 1.82) is 0 Å². The van der Waals surface area contributed by atoms with Crippen molar-refractivity contribution in [3.05, 3.63) is 30.6 Å². The highest BCUT2D eigenvalue weighted by Crippen LogP contribution is 2.22. The maximum Gasteiger partial charge on any atom is 0.234 e. The van der Waals surface area contributed by atoms with Crippen molar-refractivity contribution in [3.8, 4) is 0 Å². The standard InChI is InChI=1S/C15H19N5OS/c21-14(10-22-15-16-11-17-19-15)18-12-4-6-13(7-5-12)20-8-2-1-3-9-20/h4-7,11H,1-3,8-10H2,(H,18,21)(H,16,17,19). The quantitative estimate of drug-likeness (QED) is 0.829. The van der Waals surface area contributed by atoms with E-state index in [0.29, 0.717) is 10.9 Å². The van der Waals surface area contributed by atoms with Crippen LogP contribution in [-0.4, -0.2) is 39.9 Å². The zero-order valence-corrected chi connectivity index (χ0v) is 13.1. The topological polar surface area (TPSA) is 73.9 Å². The fraction of sp³-hybridized carbons (Fsp3) is 0.400. The van der Waals surface area contributed by atoms with Crippen LogP contribution in [0, 0.1) is 0 Å². The molecule has 1 aromatic carbocycles. The van der Waals surface area contributed by atoms with Gasteiger partial charge in [0.2, 0.25) is 5.91 Å². The highest BCUT2D eigenvalue weighted by molar-refractivity contribution is 7.99. The summed E-state index contributed by atoms with van der Waals surface area (Å²) in [5.41, 5.74) is 2.05. The number of benzene rings is 1. The van der Waals surface area contributed by atoms with Gasteiger partial charge in [-0.3, -0.25) is 9.89 Å². The van der Waals surface area contributed by atoms with E-state index in [0.717, 1.165) is 18.8 Å². The lowest BCUT2D eigenvalue weighted by Crippen LogP contribution is -2.29. The first-order chi connectivity index (χ1) is 10.8.